The summed E-state index contributed by atoms with van der Waals surface area (Å²) in [5.74, 6) is 0.0600. The largest absolute Gasteiger partial charge is 0.342 e. The van der Waals surface area contributed by atoms with Crippen LogP contribution in [0.4, 0.5) is 0 Å². The normalized spacial score (nSPS) is 10.7. The van der Waals surface area contributed by atoms with Gasteiger partial charge in [-0.1, -0.05) is 34.1 Å². The van der Waals surface area contributed by atoms with E-state index in [1.807, 2.05) is 32.0 Å². The standard InChI is InChI=1S/C15H21BrN2O2/c1-4-18(5-2)15(20)11-17(3)10-14(19)12-8-6-7-9-13(12)16/h6-9H,4-5,10-11H2,1-3H3. The van der Waals surface area contributed by atoms with Crippen LogP contribution in [0, 0.1) is 0 Å². The number of likely N-dealkylation sites (N-methyl/N-ethyl adjacent to an activating group) is 2. The van der Waals surface area contributed by atoms with Crippen molar-refractivity contribution in [1.82, 2.24) is 9.80 Å². The number of amides is 1. The van der Waals surface area contributed by atoms with Gasteiger partial charge in [0.1, 0.15) is 0 Å². The minimum atomic E-state index is 0.00678. The highest BCUT2D eigenvalue weighted by Crippen LogP contribution is 2.16. The summed E-state index contributed by atoms with van der Waals surface area (Å²) < 4.78 is 0.786. The third-order valence-corrected chi connectivity index (χ3v) is 3.80. The number of carbonyl (C=O) groups is 2. The Morgan fingerprint density at radius 3 is 2.25 bits per heavy atom. The van der Waals surface area contributed by atoms with Gasteiger partial charge in [-0.05, 0) is 27.0 Å². The Hall–Kier alpha value is -1.20. The first-order valence-corrected chi connectivity index (χ1v) is 7.52. The molecule has 0 heterocycles. The Morgan fingerprint density at radius 1 is 1.10 bits per heavy atom. The quantitative estimate of drug-likeness (QED) is 0.716. The molecule has 5 heteroatoms. The topological polar surface area (TPSA) is 40.6 Å². The third kappa shape index (κ3) is 4.72. The number of carbonyl (C=O) groups excluding carboxylic acids is 2. The molecule has 20 heavy (non-hydrogen) atoms. The van der Waals surface area contributed by atoms with E-state index < -0.39 is 0 Å². The number of ketones is 1. The molecular weight excluding hydrogens is 320 g/mol. The van der Waals surface area contributed by atoms with Crippen molar-refractivity contribution < 1.29 is 9.59 Å². The van der Waals surface area contributed by atoms with Gasteiger partial charge in [0.25, 0.3) is 0 Å². The van der Waals surface area contributed by atoms with Crippen molar-refractivity contribution in [2.45, 2.75) is 13.8 Å². The number of hydrogen-bond acceptors (Lipinski definition) is 3. The van der Waals surface area contributed by atoms with Gasteiger partial charge in [-0.3, -0.25) is 14.5 Å². The average Bonchev–Trinajstić information content (AvgIpc) is 2.40. The van der Waals surface area contributed by atoms with Crippen LogP contribution < -0.4 is 0 Å². The molecular formula is C15H21BrN2O2. The average molecular weight is 341 g/mol. The van der Waals surface area contributed by atoms with Gasteiger partial charge < -0.3 is 4.90 Å². The van der Waals surface area contributed by atoms with Crippen LogP contribution in [0.3, 0.4) is 0 Å². The van der Waals surface area contributed by atoms with Crippen molar-refractivity contribution in [3.8, 4) is 0 Å². The van der Waals surface area contributed by atoms with E-state index in [4.69, 9.17) is 0 Å². The maximum Gasteiger partial charge on any atom is 0.236 e. The Kier molecular flexibility index (Phi) is 6.88. The zero-order valence-corrected chi connectivity index (χ0v) is 13.8. The van der Waals surface area contributed by atoms with Gasteiger partial charge in [0.2, 0.25) is 5.91 Å². The Bertz CT molecular complexity index is 473. The van der Waals surface area contributed by atoms with Crippen molar-refractivity contribution in [3.05, 3.63) is 34.3 Å². The molecule has 0 N–H and O–H groups in total. The van der Waals surface area contributed by atoms with Crippen LogP contribution >= 0.6 is 15.9 Å². The van der Waals surface area contributed by atoms with Crippen LogP contribution in [0.1, 0.15) is 24.2 Å². The lowest BCUT2D eigenvalue weighted by Gasteiger charge is -2.22. The molecule has 0 saturated heterocycles. The minimum Gasteiger partial charge on any atom is -0.342 e. The van der Waals surface area contributed by atoms with Gasteiger partial charge in [-0.15, -0.1) is 0 Å². The first-order chi connectivity index (χ1) is 9.49. The number of nitrogens with zero attached hydrogens (tertiary/aromatic N) is 2. The fourth-order valence-corrected chi connectivity index (χ4v) is 2.49. The number of halogens is 1. The summed E-state index contributed by atoms with van der Waals surface area (Å²) in [4.78, 5) is 27.6. The molecule has 1 rings (SSSR count). The van der Waals surface area contributed by atoms with Crippen molar-refractivity contribution in [1.29, 1.82) is 0 Å². The molecule has 0 spiro atoms. The predicted molar refractivity (Wildman–Crippen MR) is 83.9 cm³/mol. The summed E-state index contributed by atoms with van der Waals surface area (Å²) in [5.41, 5.74) is 0.648. The Labute approximate surface area is 128 Å². The molecule has 0 radical (unpaired) electrons. The number of benzene rings is 1. The molecule has 4 nitrogen and oxygen atoms in total. The second-order valence-electron chi connectivity index (χ2n) is 4.64. The van der Waals surface area contributed by atoms with Crippen LogP contribution in [0.15, 0.2) is 28.7 Å². The summed E-state index contributed by atoms with van der Waals surface area (Å²) in [6.07, 6.45) is 0. The molecule has 0 bridgehead atoms. The van der Waals surface area contributed by atoms with E-state index in [1.165, 1.54) is 0 Å². The second kappa shape index (κ2) is 8.17. The third-order valence-electron chi connectivity index (χ3n) is 3.11. The fraction of sp³-hybridized carbons (Fsp3) is 0.467. The lowest BCUT2D eigenvalue weighted by Crippen LogP contribution is -2.40. The van der Waals surface area contributed by atoms with E-state index in [2.05, 4.69) is 15.9 Å². The fourth-order valence-electron chi connectivity index (χ4n) is 1.98. The molecule has 1 amide bonds. The molecule has 0 atom stereocenters. The van der Waals surface area contributed by atoms with E-state index in [-0.39, 0.29) is 24.8 Å². The molecule has 0 saturated carbocycles. The van der Waals surface area contributed by atoms with Crippen LogP contribution in [-0.4, -0.2) is 54.7 Å². The van der Waals surface area contributed by atoms with Crippen LogP contribution in [0.5, 0.6) is 0 Å². The first-order valence-electron chi connectivity index (χ1n) is 6.73. The van der Waals surface area contributed by atoms with Crippen molar-refractivity contribution in [2.24, 2.45) is 0 Å². The van der Waals surface area contributed by atoms with E-state index in [0.717, 1.165) is 4.47 Å². The summed E-state index contributed by atoms with van der Waals surface area (Å²) in [5, 5.41) is 0. The molecule has 0 aliphatic rings. The zero-order chi connectivity index (χ0) is 15.1. The summed E-state index contributed by atoms with van der Waals surface area (Å²) >= 11 is 3.37. The predicted octanol–water partition coefficient (Wildman–Crippen LogP) is 2.43. The first kappa shape index (κ1) is 16.9. The molecule has 0 aliphatic carbocycles. The summed E-state index contributed by atoms with van der Waals surface area (Å²) in [6, 6.07) is 7.33. The number of Topliss-reactive ketones (excluding diaryl/α,β-unsaturated/α-hetero) is 1. The number of rotatable bonds is 7. The molecule has 0 fully saturated rings. The molecule has 110 valence electrons. The molecule has 1 aromatic rings. The van der Waals surface area contributed by atoms with E-state index in [0.29, 0.717) is 18.7 Å². The van der Waals surface area contributed by atoms with Gasteiger partial charge in [-0.2, -0.15) is 0 Å². The lowest BCUT2D eigenvalue weighted by molar-refractivity contribution is -0.131. The van der Waals surface area contributed by atoms with E-state index in [9.17, 15) is 9.59 Å². The Morgan fingerprint density at radius 2 is 1.70 bits per heavy atom. The molecule has 0 aromatic heterocycles. The van der Waals surface area contributed by atoms with Crippen LogP contribution in [0.25, 0.3) is 0 Å². The van der Waals surface area contributed by atoms with Crippen molar-refractivity contribution in [2.75, 3.05) is 33.2 Å². The van der Waals surface area contributed by atoms with Crippen LogP contribution in [0.2, 0.25) is 0 Å². The highest BCUT2D eigenvalue weighted by Gasteiger charge is 2.16. The van der Waals surface area contributed by atoms with Gasteiger partial charge >= 0.3 is 0 Å². The van der Waals surface area contributed by atoms with E-state index in [1.54, 1.807) is 22.9 Å². The minimum absolute atomic E-state index is 0.00678. The smallest absolute Gasteiger partial charge is 0.236 e. The molecule has 1 aromatic carbocycles. The summed E-state index contributed by atoms with van der Waals surface area (Å²) in [6.45, 7) is 5.79. The molecule has 0 aliphatic heterocycles. The highest BCUT2D eigenvalue weighted by molar-refractivity contribution is 9.10. The zero-order valence-electron chi connectivity index (χ0n) is 12.2. The van der Waals surface area contributed by atoms with Crippen molar-refractivity contribution >= 4 is 27.6 Å². The van der Waals surface area contributed by atoms with Gasteiger partial charge in [-0.25, -0.2) is 0 Å². The summed E-state index contributed by atoms with van der Waals surface area (Å²) in [7, 11) is 1.79. The maximum absolute atomic E-state index is 12.2. The SMILES string of the molecule is CCN(CC)C(=O)CN(C)CC(=O)c1ccccc1Br. The maximum atomic E-state index is 12.2. The highest BCUT2D eigenvalue weighted by atomic mass is 79.9. The van der Waals surface area contributed by atoms with Crippen LogP contribution in [-0.2, 0) is 4.79 Å². The van der Waals surface area contributed by atoms with Gasteiger partial charge in [0.05, 0.1) is 13.1 Å². The van der Waals surface area contributed by atoms with Gasteiger partial charge in [0, 0.05) is 23.1 Å². The van der Waals surface area contributed by atoms with Crippen molar-refractivity contribution in [3.63, 3.8) is 0 Å². The number of hydrogen-bond donors (Lipinski definition) is 0. The van der Waals surface area contributed by atoms with Gasteiger partial charge in [0.15, 0.2) is 5.78 Å². The second-order valence-corrected chi connectivity index (χ2v) is 5.50. The van der Waals surface area contributed by atoms with E-state index >= 15 is 0 Å². The Balaban J connectivity index is 2.58. The monoisotopic (exact) mass is 340 g/mol. The lowest BCUT2D eigenvalue weighted by atomic mass is 10.1. The molecule has 0 unspecified atom stereocenters.